The van der Waals surface area contributed by atoms with Gasteiger partial charge in [0.05, 0.1) is 11.0 Å². The topological polar surface area (TPSA) is 83.5 Å². The quantitative estimate of drug-likeness (QED) is 0.694. The Bertz CT molecular complexity index is 337. The maximum absolute atomic E-state index is 11.5. The van der Waals surface area contributed by atoms with Gasteiger partial charge < -0.3 is 10.4 Å². The van der Waals surface area contributed by atoms with Gasteiger partial charge in [0.2, 0.25) is 0 Å². The van der Waals surface area contributed by atoms with Crippen LogP contribution in [-0.4, -0.2) is 42.6 Å². The summed E-state index contributed by atoms with van der Waals surface area (Å²) in [6, 6.07) is 0. The molecule has 0 heterocycles. The van der Waals surface area contributed by atoms with Crippen LogP contribution in [0.4, 0.5) is 0 Å². The fourth-order valence-corrected chi connectivity index (χ4v) is 1.91. The van der Waals surface area contributed by atoms with Gasteiger partial charge in [0.15, 0.2) is 9.84 Å². The van der Waals surface area contributed by atoms with Gasteiger partial charge in [0, 0.05) is 6.54 Å². The molecular weight excluding hydrogens is 230 g/mol. The molecule has 0 saturated heterocycles. The minimum absolute atomic E-state index is 0.0342. The van der Waals surface area contributed by atoms with E-state index in [2.05, 4.69) is 5.32 Å². The first kappa shape index (κ1) is 15.4. The van der Waals surface area contributed by atoms with E-state index in [4.69, 9.17) is 5.11 Å². The highest BCUT2D eigenvalue weighted by molar-refractivity contribution is 7.92. The van der Waals surface area contributed by atoms with Crippen molar-refractivity contribution in [2.45, 2.75) is 44.9 Å². The highest BCUT2D eigenvalue weighted by Gasteiger charge is 2.30. The number of carboxylic acid groups (broad SMARTS) is 1. The van der Waals surface area contributed by atoms with Gasteiger partial charge in [0.1, 0.15) is 5.54 Å². The number of nitrogens with one attached hydrogen (secondary N) is 1. The van der Waals surface area contributed by atoms with Crippen LogP contribution in [0.25, 0.3) is 0 Å². The van der Waals surface area contributed by atoms with Crippen molar-refractivity contribution in [3.63, 3.8) is 0 Å². The Morgan fingerprint density at radius 3 is 2.25 bits per heavy atom. The molecular formula is C10H21NO4S. The molecule has 0 bridgehead atoms. The van der Waals surface area contributed by atoms with Crippen molar-refractivity contribution >= 4 is 15.8 Å². The maximum Gasteiger partial charge on any atom is 0.323 e. The Morgan fingerprint density at radius 2 is 1.94 bits per heavy atom. The molecule has 0 spiro atoms. The summed E-state index contributed by atoms with van der Waals surface area (Å²) in [4.78, 5) is 10.9. The van der Waals surface area contributed by atoms with Crippen molar-refractivity contribution in [3.8, 4) is 0 Å². The summed E-state index contributed by atoms with van der Waals surface area (Å²) in [6.45, 7) is 6.70. The molecule has 16 heavy (non-hydrogen) atoms. The molecule has 0 aliphatic carbocycles. The van der Waals surface area contributed by atoms with Gasteiger partial charge in [-0.2, -0.15) is 0 Å². The van der Waals surface area contributed by atoms with Crippen molar-refractivity contribution in [1.82, 2.24) is 5.32 Å². The molecule has 0 aliphatic rings. The lowest BCUT2D eigenvalue weighted by molar-refractivity contribution is -0.144. The van der Waals surface area contributed by atoms with Crippen LogP contribution >= 0.6 is 0 Å². The van der Waals surface area contributed by atoms with E-state index in [1.54, 1.807) is 27.7 Å². The van der Waals surface area contributed by atoms with Crippen LogP contribution in [0.5, 0.6) is 0 Å². The monoisotopic (exact) mass is 251 g/mol. The van der Waals surface area contributed by atoms with Crippen LogP contribution in [0.15, 0.2) is 0 Å². The first-order valence-corrected chi connectivity index (χ1v) is 7.07. The third-order valence-corrected chi connectivity index (χ3v) is 5.01. The summed E-state index contributed by atoms with van der Waals surface area (Å²) in [5.41, 5.74) is -1.05. The smallest absolute Gasteiger partial charge is 0.323 e. The molecule has 0 amide bonds. The van der Waals surface area contributed by atoms with E-state index in [1.807, 2.05) is 0 Å². The predicted molar refractivity (Wildman–Crippen MR) is 63.3 cm³/mol. The molecule has 96 valence electrons. The van der Waals surface area contributed by atoms with Crippen molar-refractivity contribution in [2.24, 2.45) is 0 Å². The van der Waals surface area contributed by atoms with E-state index >= 15 is 0 Å². The van der Waals surface area contributed by atoms with Crippen LogP contribution in [-0.2, 0) is 14.6 Å². The minimum Gasteiger partial charge on any atom is -0.480 e. The Morgan fingerprint density at radius 1 is 1.44 bits per heavy atom. The molecule has 0 aromatic carbocycles. The summed E-state index contributed by atoms with van der Waals surface area (Å²) in [6.07, 6.45) is 0.407. The molecule has 5 nitrogen and oxygen atoms in total. The normalized spacial score (nSPS) is 16.1. The summed E-state index contributed by atoms with van der Waals surface area (Å²) in [5, 5.41) is 11.3. The van der Waals surface area contributed by atoms with Gasteiger partial charge in [-0.3, -0.25) is 4.79 Å². The third kappa shape index (κ3) is 4.09. The summed E-state index contributed by atoms with van der Waals surface area (Å²) < 4.78 is 23.0. The van der Waals surface area contributed by atoms with E-state index in [1.165, 1.54) is 0 Å². The van der Waals surface area contributed by atoms with Crippen LogP contribution in [0.3, 0.4) is 0 Å². The average Bonchev–Trinajstić information content (AvgIpc) is 2.16. The fraction of sp³-hybridized carbons (Fsp3) is 0.900. The molecule has 1 atom stereocenters. The van der Waals surface area contributed by atoms with Crippen LogP contribution in [0.2, 0.25) is 0 Å². The zero-order valence-corrected chi connectivity index (χ0v) is 11.1. The van der Waals surface area contributed by atoms with Crippen LogP contribution in [0, 0.1) is 0 Å². The minimum atomic E-state index is -3.11. The Hall–Kier alpha value is -0.620. The number of rotatable bonds is 7. The van der Waals surface area contributed by atoms with Gasteiger partial charge >= 0.3 is 5.97 Å². The zero-order valence-electron chi connectivity index (χ0n) is 10.3. The van der Waals surface area contributed by atoms with Gasteiger partial charge in [-0.15, -0.1) is 0 Å². The molecule has 0 fully saturated rings. The van der Waals surface area contributed by atoms with Gasteiger partial charge in [0.25, 0.3) is 0 Å². The number of hydrogen-bond acceptors (Lipinski definition) is 4. The van der Waals surface area contributed by atoms with Gasteiger partial charge in [-0.05, 0) is 27.2 Å². The Labute approximate surface area is 97.2 Å². The van der Waals surface area contributed by atoms with Crippen molar-refractivity contribution in [3.05, 3.63) is 0 Å². The van der Waals surface area contributed by atoms with Gasteiger partial charge in [-0.25, -0.2) is 8.42 Å². The van der Waals surface area contributed by atoms with Crippen molar-refractivity contribution in [1.29, 1.82) is 0 Å². The average molecular weight is 251 g/mol. The van der Waals surface area contributed by atoms with Crippen molar-refractivity contribution in [2.75, 3.05) is 12.3 Å². The lowest BCUT2D eigenvalue weighted by Gasteiger charge is -2.24. The fourth-order valence-electron chi connectivity index (χ4n) is 1.06. The second-order valence-corrected chi connectivity index (χ2v) is 7.01. The summed E-state index contributed by atoms with van der Waals surface area (Å²) >= 11 is 0. The lowest BCUT2D eigenvalue weighted by Crippen LogP contribution is -2.50. The molecule has 0 aromatic heterocycles. The van der Waals surface area contributed by atoms with Crippen LogP contribution < -0.4 is 5.32 Å². The third-order valence-electron chi connectivity index (χ3n) is 2.80. The SMILES string of the molecule is CCC(C)(NCCS(=O)(=O)C(C)C)C(=O)O. The van der Waals surface area contributed by atoms with E-state index in [9.17, 15) is 13.2 Å². The van der Waals surface area contributed by atoms with E-state index in [-0.39, 0.29) is 12.3 Å². The first-order chi connectivity index (χ1) is 7.15. The lowest BCUT2D eigenvalue weighted by atomic mass is 9.99. The predicted octanol–water partition coefficient (Wildman–Crippen LogP) is 0.653. The molecule has 0 radical (unpaired) electrons. The van der Waals surface area contributed by atoms with E-state index in [0.29, 0.717) is 6.42 Å². The molecule has 1 unspecified atom stereocenters. The molecule has 0 aromatic rings. The van der Waals surface area contributed by atoms with Crippen LogP contribution in [0.1, 0.15) is 34.1 Å². The number of hydrogen-bond donors (Lipinski definition) is 2. The van der Waals surface area contributed by atoms with Gasteiger partial charge in [-0.1, -0.05) is 6.92 Å². The zero-order chi connectivity index (χ0) is 13.0. The van der Waals surface area contributed by atoms with Crippen molar-refractivity contribution < 1.29 is 18.3 Å². The first-order valence-electron chi connectivity index (χ1n) is 5.35. The molecule has 0 rings (SSSR count). The summed E-state index contributed by atoms with van der Waals surface area (Å²) in [7, 11) is -3.11. The molecule has 0 saturated carbocycles. The Kier molecular flexibility index (Phi) is 5.41. The second kappa shape index (κ2) is 5.63. The van der Waals surface area contributed by atoms with E-state index in [0.717, 1.165) is 0 Å². The standard InChI is InChI=1S/C10H21NO4S/c1-5-10(4,9(12)13)11-6-7-16(14,15)8(2)3/h8,11H,5-7H2,1-4H3,(H,12,13). The number of aliphatic carboxylic acids is 1. The maximum atomic E-state index is 11.5. The number of sulfone groups is 1. The van der Waals surface area contributed by atoms with E-state index < -0.39 is 26.6 Å². The molecule has 0 aliphatic heterocycles. The number of carbonyl (C=O) groups is 1. The molecule has 2 N–H and O–H groups in total. The largest absolute Gasteiger partial charge is 0.480 e. The summed E-state index contributed by atoms with van der Waals surface area (Å²) in [5.74, 6) is -0.995. The molecule has 6 heteroatoms. The highest BCUT2D eigenvalue weighted by atomic mass is 32.2. The number of carboxylic acids is 1. The second-order valence-electron chi connectivity index (χ2n) is 4.33. The Balaban J connectivity index is 4.33. The highest BCUT2D eigenvalue weighted by Crippen LogP contribution is 2.09.